The lowest BCUT2D eigenvalue weighted by Crippen LogP contribution is -2.31. The van der Waals surface area contributed by atoms with Crippen LogP contribution in [0.25, 0.3) is 0 Å². The van der Waals surface area contributed by atoms with Gasteiger partial charge in [0.05, 0.1) is 0 Å². The van der Waals surface area contributed by atoms with Gasteiger partial charge in [-0.3, -0.25) is 10.1 Å². The minimum absolute atomic E-state index is 0.206. The molecule has 0 aromatic heterocycles. The van der Waals surface area contributed by atoms with Crippen LogP contribution in [-0.2, 0) is 0 Å². The number of rotatable bonds is 5. The molecule has 0 fully saturated rings. The average molecular weight is 174 g/mol. The van der Waals surface area contributed by atoms with E-state index in [1.165, 1.54) is 0 Å². The van der Waals surface area contributed by atoms with E-state index in [9.17, 15) is 10.1 Å². The third kappa shape index (κ3) is 4.28. The lowest BCUT2D eigenvalue weighted by molar-refractivity contribution is -0.561. The Morgan fingerprint density at radius 1 is 1.42 bits per heavy atom. The lowest BCUT2D eigenvalue weighted by Gasteiger charge is -2.16. The van der Waals surface area contributed by atoms with Crippen molar-refractivity contribution in [3.8, 4) is 0 Å². The summed E-state index contributed by atoms with van der Waals surface area (Å²) in [6.07, 6.45) is 1.51. The Bertz CT molecular complexity index is 155. The van der Waals surface area contributed by atoms with Gasteiger partial charge in [0, 0.05) is 25.2 Å². The largest absolute Gasteiger partial charge is 0.309 e. The Hall–Kier alpha value is -0.640. The van der Waals surface area contributed by atoms with Crippen molar-refractivity contribution < 1.29 is 4.92 Å². The molecule has 0 heterocycles. The summed E-state index contributed by atoms with van der Waals surface area (Å²) in [6, 6.07) is 0. The van der Waals surface area contributed by atoms with Crippen molar-refractivity contribution in [3.63, 3.8) is 0 Å². The molecule has 0 spiro atoms. The van der Waals surface area contributed by atoms with Crippen LogP contribution in [0.3, 0.4) is 0 Å². The van der Waals surface area contributed by atoms with E-state index in [1.54, 1.807) is 13.8 Å². The van der Waals surface area contributed by atoms with E-state index in [0.29, 0.717) is 6.42 Å². The standard InChI is InChI=1S/C8H18N2O2/c1-8(2,10(11)12)6-5-7-9(3)4/h5-7H2,1-4H3. The first-order valence-electron chi connectivity index (χ1n) is 4.15. The highest BCUT2D eigenvalue weighted by atomic mass is 16.6. The third-order valence-corrected chi connectivity index (χ3v) is 1.89. The molecule has 0 radical (unpaired) electrons. The molecule has 72 valence electrons. The van der Waals surface area contributed by atoms with Crippen LogP contribution in [0, 0.1) is 10.1 Å². The maximum atomic E-state index is 10.5. The average Bonchev–Trinajstić information content (AvgIpc) is 1.85. The molecule has 0 aromatic carbocycles. The van der Waals surface area contributed by atoms with Gasteiger partial charge in [0.15, 0.2) is 0 Å². The van der Waals surface area contributed by atoms with Gasteiger partial charge in [-0.25, -0.2) is 0 Å². The molecule has 0 aliphatic heterocycles. The lowest BCUT2D eigenvalue weighted by atomic mass is 9.99. The fourth-order valence-corrected chi connectivity index (χ4v) is 0.919. The minimum atomic E-state index is -0.768. The van der Waals surface area contributed by atoms with Crippen molar-refractivity contribution in [1.29, 1.82) is 0 Å². The molecule has 0 unspecified atom stereocenters. The van der Waals surface area contributed by atoms with Gasteiger partial charge in [0.2, 0.25) is 5.54 Å². The van der Waals surface area contributed by atoms with Gasteiger partial charge in [0.25, 0.3) is 0 Å². The van der Waals surface area contributed by atoms with Crippen LogP contribution in [-0.4, -0.2) is 36.0 Å². The first kappa shape index (κ1) is 11.4. The number of nitrogens with zero attached hydrogens (tertiary/aromatic N) is 2. The van der Waals surface area contributed by atoms with Gasteiger partial charge in [-0.05, 0) is 27.1 Å². The van der Waals surface area contributed by atoms with Crippen molar-refractivity contribution in [2.45, 2.75) is 32.2 Å². The van der Waals surface area contributed by atoms with E-state index in [1.807, 2.05) is 19.0 Å². The summed E-state index contributed by atoms with van der Waals surface area (Å²) in [6.45, 7) is 4.25. The highest BCUT2D eigenvalue weighted by Crippen LogP contribution is 2.14. The van der Waals surface area contributed by atoms with Crippen molar-refractivity contribution >= 4 is 0 Å². The van der Waals surface area contributed by atoms with Gasteiger partial charge in [0.1, 0.15) is 0 Å². The van der Waals surface area contributed by atoms with Crippen LogP contribution in [0.2, 0.25) is 0 Å². The van der Waals surface area contributed by atoms with Crippen LogP contribution in [0.5, 0.6) is 0 Å². The molecule has 12 heavy (non-hydrogen) atoms. The van der Waals surface area contributed by atoms with Crippen LogP contribution in [0.4, 0.5) is 0 Å². The van der Waals surface area contributed by atoms with Gasteiger partial charge < -0.3 is 4.90 Å². The smallest absolute Gasteiger partial charge is 0.216 e. The molecule has 0 atom stereocenters. The maximum absolute atomic E-state index is 10.5. The first-order valence-corrected chi connectivity index (χ1v) is 4.15. The molecular weight excluding hydrogens is 156 g/mol. The third-order valence-electron chi connectivity index (χ3n) is 1.89. The van der Waals surface area contributed by atoms with E-state index < -0.39 is 5.54 Å². The van der Waals surface area contributed by atoms with Crippen LogP contribution in [0.1, 0.15) is 26.7 Å². The summed E-state index contributed by atoms with van der Waals surface area (Å²) in [5.74, 6) is 0. The number of nitro groups is 1. The zero-order valence-electron chi connectivity index (χ0n) is 8.33. The molecular formula is C8H18N2O2. The second-order valence-electron chi connectivity index (χ2n) is 3.98. The maximum Gasteiger partial charge on any atom is 0.216 e. The van der Waals surface area contributed by atoms with Crippen molar-refractivity contribution in [2.75, 3.05) is 20.6 Å². The predicted octanol–water partition coefficient (Wildman–Crippen LogP) is 1.38. The molecule has 0 bridgehead atoms. The molecule has 0 amide bonds. The van der Waals surface area contributed by atoms with E-state index in [-0.39, 0.29) is 4.92 Å². The van der Waals surface area contributed by atoms with Gasteiger partial charge in [-0.15, -0.1) is 0 Å². The van der Waals surface area contributed by atoms with Crippen molar-refractivity contribution in [1.82, 2.24) is 4.90 Å². The Morgan fingerprint density at radius 3 is 2.25 bits per heavy atom. The highest BCUT2D eigenvalue weighted by molar-refractivity contribution is 4.66. The molecule has 0 rings (SSSR count). The molecule has 0 saturated heterocycles. The summed E-state index contributed by atoms with van der Waals surface area (Å²) in [7, 11) is 3.94. The summed E-state index contributed by atoms with van der Waals surface area (Å²) in [5, 5.41) is 10.5. The second-order valence-corrected chi connectivity index (χ2v) is 3.98. The Morgan fingerprint density at radius 2 is 1.92 bits per heavy atom. The quantitative estimate of drug-likeness (QED) is 0.467. The number of hydrogen-bond acceptors (Lipinski definition) is 3. The zero-order chi connectivity index (χ0) is 9.78. The van der Waals surface area contributed by atoms with Crippen molar-refractivity contribution in [3.05, 3.63) is 10.1 Å². The molecule has 0 N–H and O–H groups in total. The molecule has 0 saturated carbocycles. The molecule has 4 heteroatoms. The van der Waals surface area contributed by atoms with Gasteiger partial charge >= 0.3 is 0 Å². The fourth-order valence-electron chi connectivity index (χ4n) is 0.919. The van der Waals surface area contributed by atoms with Gasteiger partial charge in [-0.2, -0.15) is 0 Å². The Kier molecular flexibility index (Phi) is 4.17. The van der Waals surface area contributed by atoms with Crippen LogP contribution >= 0.6 is 0 Å². The second kappa shape index (κ2) is 4.40. The Labute approximate surface area is 73.7 Å². The molecule has 0 aliphatic carbocycles. The topological polar surface area (TPSA) is 46.4 Å². The normalized spacial score (nSPS) is 12.1. The van der Waals surface area contributed by atoms with E-state index in [0.717, 1.165) is 13.0 Å². The fraction of sp³-hybridized carbons (Fsp3) is 1.00. The predicted molar refractivity (Wildman–Crippen MR) is 48.9 cm³/mol. The van der Waals surface area contributed by atoms with E-state index in [2.05, 4.69) is 0 Å². The van der Waals surface area contributed by atoms with Gasteiger partial charge in [-0.1, -0.05) is 0 Å². The summed E-state index contributed by atoms with van der Waals surface area (Å²) in [4.78, 5) is 12.3. The Balaban J connectivity index is 3.69. The van der Waals surface area contributed by atoms with E-state index in [4.69, 9.17) is 0 Å². The first-order chi connectivity index (χ1) is 5.36. The molecule has 0 aromatic rings. The monoisotopic (exact) mass is 174 g/mol. The highest BCUT2D eigenvalue weighted by Gasteiger charge is 2.29. The summed E-state index contributed by atoms with van der Waals surface area (Å²) in [5.41, 5.74) is -0.768. The minimum Gasteiger partial charge on any atom is -0.309 e. The summed E-state index contributed by atoms with van der Waals surface area (Å²) < 4.78 is 0. The summed E-state index contributed by atoms with van der Waals surface area (Å²) >= 11 is 0. The SMILES string of the molecule is CN(C)CCCC(C)(C)[N+](=O)[O-]. The molecule has 0 aliphatic rings. The molecule has 4 nitrogen and oxygen atoms in total. The van der Waals surface area contributed by atoms with Crippen LogP contribution in [0.15, 0.2) is 0 Å². The van der Waals surface area contributed by atoms with E-state index >= 15 is 0 Å². The zero-order valence-corrected chi connectivity index (χ0v) is 8.33. The van der Waals surface area contributed by atoms with Crippen LogP contribution < -0.4 is 0 Å². The number of hydrogen-bond donors (Lipinski definition) is 0. The van der Waals surface area contributed by atoms with Crippen molar-refractivity contribution in [2.24, 2.45) is 0 Å².